The summed E-state index contributed by atoms with van der Waals surface area (Å²) in [7, 11) is 0. The highest BCUT2D eigenvalue weighted by molar-refractivity contribution is 6.33. The standard InChI is InChI=1S/C21H25ClN4O3/c22-17-11-24-15(9-19(27)20-2-1-5-29-20)8-16(17)18-12-23-13-21(26-18)25-10-14-3-6-28-7-4-14/h8,11-14,20H,1-7,9-10H2,(H,25,26)/t20-/m0/s1. The Morgan fingerprint density at radius 2 is 2.03 bits per heavy atom. The Labute approximate surface area is 175 Å². The van der Waals surface area contributed by atoms with Crippen LogP contribution in [0.25, 0.3) is 11.3 Å². The van der Waals surface area contributed by atoms with Crippen molar-refractivity contribution in [2.45, 2.75) is 38.2 Å². The van der Waals surface area contributed by atoms with Crippen molar-refractivity contribution in [2.75, 3.05) is 31.7 Å². The van der Waals surface area contributed by atoms with Gasteiger partial charge in [0.15, 0.2) is 5.78 Å². The molecule has 0 bridgehead atoms. The maximum atomic E-state index is 12.4. The first-order chi connectivity index (χ1) is 14.2. The van der Waals surface area contributed by atoms with Crippen LogP contribution in [0.3, 0.4) is 0 Å². The van der Waals surface area contributed by atoms with E-state index in [4.69, 9.17) is 21.1 Å². The Kier molecular flexibility index (Phi) is 6.69. The average molecular weight is 417 g/mol. The van der Waals surface area contributed by atoms with Gasteiger partial charge in [-0.1, -0.05) is 11.6 Å². The van der Waals surface area contributed by atoms with Crippen molar-refractivity contribution in [2.24, 2.45) is 5.92 Å². The van der Waals surface area contributed by atoms with Crippen LogP contribution in [-0.2, 0) is 20.7 Å². The third-order valence-corrected chi connectivity index (χ3v) is 5.68. The van der Waals surface area contributed by atoms with E-state index in [0.717, 1.165) is 51.0 Å². The molecule has 1 atom stereocenters. The molecular weight excluding hydrogens is 392 g/mol. The van der Waals surface area contributed by atoms with Gasteiger partial charge in [0, 0.05) is 43.8 Å². The topological polar surface area (TPSA) is 86.2 Å². The second kappa shape index (κ2) is 9.61. The number of Topliss-reactive ketones (excluding diaryl/α,β-unsaturated/α-hetero) is 1. The highest BCUT2D eigenvalue weighted by atomic mass is 35.5. The Bertz CT molecular complexity index is 852. The van der Waals surface area contributed by atoms with Gasteiger partial charge < -0.3 is 14.8 Å². The van der Waals surface area contributed by atoms with Gasteiger partial charge in [-0.05, 0) is 37.7 Å². The van der Waals surface area contributed by atoms with Gasteiger partial charge in [-0.25, -0.2) is 4.98 Å². The van der Waals surface area contributed by atoms with Crippen LogP contribution in [0.4, 0.5) is 5.82 Å². The second-order valence-corrected chi connectivity index (χ2v) is 7.93. The number of carbonyl (C=O) groups excluding carboxylic acids is 1. The number of aromatic nitrogens is 3. The summed E-state index contributed by atoms with van der Waals surface area (Å²) in [6, 6.07) is 1.82. The fourth-order valence-electron chi connectivity index (χ4n) is 3.68. The van der Waals surface area contributed by atoms with Crippen molar-refractivity contribution in [1.82, 2.24) is 15.0 Å². The van der Waals surface area contributed by atoms with Gasteiger partial charge in [-0.3, -0.25) is 14.8 Å². The van der Waals surface area contributed by atoms with Crippen molar-refractivity contribution < 1.29 is 14.3 Å². The maximum Gasteiger partial charge on any atom is 0.167 e. The third kappa shape index (κ3) is 5.29. The zero-order valence-electron chi connectivity index (χ0n) is 16.3. The molecule has 4 rings (SSSR count). The molecule has 0 aliphatic carbocycles. The van der Waals surface area contributed by atoms with E-state index in [9.17, 15) is 4.79 Å². The molecule has 1 N–H and O–H groups in total. The number of halogens is 1. The lowest BCUT2D eigenvalue weighted by atomic mass is 10.0. The van der Waals surface area contributed by atoms with Gasteiger partial charge in [-0.15, -0.1) is 0 Å². The van der Waals surface area contributed by atoms with Gasteiger partial charge in [0.05, 0.1) is 29.5 Å². The molecule has 2 aliphatic rings. The lowest BCUT2D eigenvalue weighted by Gasteiger charge is -2.22. The van der Waals surface area contributed by atoms with E-state index in [0.29, 0.717) is 34.8 Å². The lowest BCUT2D eigenvalue weighted by Crippen LogP contribution is -2.23. The summed E-state index contributed by atoms with van der Waals surface area (Å²) < 4.78 is 10.9. The van der Waals surface area contributed by atoms with Crippen molar-refractivity contribution in [3.05, 3.63) is 35.4 Å². The number of ketones is 1. The SMILES string of the molecule is O=C(Cc1cc(-c2cncc(NCC3CCOCC3)n2)c(Cl)cn1)[C@@H]1CCCO1. The number of pyridine rings is 1. The Morgan fingerprint density at radius 3 is 2.83 bits per heavy atom. The van der Waals surface area contributed by atoms with Gasteiger partial charge in [0.2, 0.25) is 0 Å². The van der Waals surface area contributed by atoms with E-state index in [1.807, 2.05) is 6.07 Å². The molecule has 154 valence electrons. The third-order valence-electron chi connectivity index (χ3n) is 5.38. The first-order valence-electron chi connectivity index (χ1n) is 10.1. The fraction of sp³-hybridized carbons (Fsp3) is 0.524. The molecule has 0 spiro atoms. The predicted molar refractivity (Wildman–Crippen MR) is 110 cm³/mol. The van der Waals surface area contributed by atoms with Crippen LogP contribution in [-0.4, -0.2) is 53.2 Å². The first-order valence-corrected chi connectivity index (χ1v) is 10.5. The number of carbonyl (C=O) groups is 1. The van der Waals surface area contributed by atoms with Crippen molar-refractivity contribution in [3.63, 3.8) is 0 Å². The summed E-state index contributed by atoms with van der Waals surface area (Å²) >= 11 is 6.37. The number of ether oxygens (including phenoxy) is 2. The van der Waals surface area contributed by atoms with Gasteiger partial charge in [-0.2, -0.15) is 0 Å². The molecular formula is C21H25ClN4O3. The van der Waals surface area contributed by atoms with Crippen LogP contribution in [0, 0.1) is 5.92 Å². The van der Waals surface area contributed by atoms with E-state index in [2.05, 4.69) is 20.3 Å². The predicted octanol–water partition coefficient (Wildman–Crippen LogP) is 3.32. The molecule has 8 heteroatoms. The van der Waals surface area contributed by atoms with E-state index < -0.39 is 0 Å². The molecule has 0 radical (unpaired) electrons. The lowest BCUT2D eigenvalue weighted by molar-refractivity contribution is -0.127. The number of hydrogen-bond acceptors (Lipinski definition) is 7. The highest BCUT2D eigenvalue weighted by Gasteiger charge is 2.24. The summed E-state index contributed by atoms with van der Waals surface area (Å²) in [4.78, 5) is 25.7. The maximum absolute atomic E-state index is 12.4. The normalized spacial score (nSPS) is 20.0. The molecule has 2 fully saturated rings. The number of nitrogens with one attached hydrogen (secondary N) is 1. The van der Waals surface area contributed by atoms with Crippen LogP contribution in [0.5, 0.6) is 0 Å². The largest absolute Gasteiger partial charge is 0.381 e. The summed E-state index contributed by atoms with van der Waals surface area (Å²) in [5.41, 5.74) is 2.03. The van der Waals surface area contributed by atoms with Gasteiger partial charge in [0.1, 0.15) is 11.9 Å². The smallest absolute Gasteiger partial charge is 0.167 e. The number of nitrogens with zero attached hydrogens (tertiary/aromatic N) is 3. The summed E-state index contributed by atoms with van der Waals surface area (Å²) in [5, 5.41) is 3.85. The first kappa shape index (κ1) is 20.2. The summed E-state index contributed by atoms with van der Waals surface area (Å²) in [5.74, 6) is 1.34. The number of hydrogen-bond donors (Lipinski definition) is 1. The fourth-order valence-corrected chi connectivity index (χ4v) is 3.88. The molecule has 4 heterocycles. The molecule has 0 aromatic carbocycles. The van der Waals surface area contributed by atoms with Crippen LogP contribution >= 0.6 is 11.6 Å². The quantitative estimate of drug-likeness (QED) is 0.740. The number of anilines is 1. The molecule has 2 saturated heterocycles. The zero-order chi connectivity index (χ0) is 20.1. The molecule has 2 aromatic rings. The minimum atomic E-state index is -0.312. The van der Waals surface area contributed by atoms with E-state index in [-0.39, 0.29) is 18.3 Å². The molecule has 2 aromatic heterocycles. The van der Waals surface area contributed by atoms with Crippen molar-refractivity contribution in [3.8, 4) is 11.3 Å². The molecule has 2 aliphatic heterocycles. The van der Waals surface area contributed by atoms with Crippen LogP contribution in [0.1, 0.15) is 31.4 Å². The second-order valence-electron chi connectivity index (χ2n) is 7.53. The molecule has 0 amide bonds. The van der Waals surface area contributed by atoms with Gasteiger partial charge >= 0.3 is 0 Å². The Balaban J connectivity index is 1.46. The van der Waals surface area contributed by atoms with Crippen LogP contribution in [0.2, 0.25) is 5.02 Å². The Hall–Kier alpha value is -2.09. The molecule has 29 heavy (non-hydrogen) atoms. The minimum Gasteiger partial charge on any atom is -0.381 e. The van der Waals surface area contributed by atoms with Crippen LogP contribution < -0.4 is 5.32 Å². The average Bonchev–Trinajstić information content (AvgIpc) is 3.30. The Morgan fingerprint density at radius 1 is 1.17 bits per heavy atom. The molecule has 0 unspecified atom stereocenters. The van der Waals surface area contributed by atoms with E-state index in [1.54, 1.807) is 18.6 Å². The zero-order valence-corrected chi connectivity index (χ0v) is 17.0. The number of rotatable bonds is 7. The van der Waals surface area contributed by atoms with Crippen LogP contribution in [0.15, 0.2) is 24.7 Å². The molecule has 0 saturated carbocycles. The van der Waals surface area contributed by atoms with Crippen molar-refractivity contribution >= 4 is 23.2 Å². The van der Waals surface area contributed by atoms with Crippen molar-refractivity contribution in [1.29, 1.82) is 0 Å². The monoisotopic (exact) mass is 416 g/mol. The van der Waals surface area contributed by atoms with E-state index >= 15 is 0 Å². The van der Waals surface area contributed by atoms with E-state index in [1.165, 1.54) is 0 Å². The summed E-state index contributed by atoms with van der Waals surface area (Å²) in [6.45, 7) is 3.13. The highest BCUT2D eigenvalue weighted by Crippen LogP contribution is 2.27. The van der Waals surface area contributed by atoms with Gasteiger partial charge in [0.25, 0.3) is 0 Å². The summed E-state index contributed by atoms with van der Waals surface area (Å²) in [6.07, 6.45) is 8.68. The minimum absolute atomic E-state index is 0.0567. The molecule has 7 nitrogen and oxygen atoms in total.